The Hall–Kier alpha value is -0.590. The third kappa shape index (κ3) is 1.21. The lowest BCUT2D eigenvalue weighted by molar-refractivity contribution is -0.130. The molecule has 2 aliphatic rings. The summed E-state index contributed by atoms with van der Waals surface area (Å²) in [6, 6.07) is 0. The Labute approximate surface area is 73.8 Å². The van der Waals surface area contributed by atoms with Crippen LogP contribution in [0.2, 0.25) is 0 Å². The maximum absolute atomic E-state index is 11.1. The zero-order chi connectivity index (χ0) is 8.55. The summed E-state index contributed by atoms with van der Waals surface area (Å²) in [5.74, 6) is 1.53. The largest absolute Gasteiger partial charge is 0.299 e. The number of Topliss-reactive ketones (excluding diaryl/α,β-unsaturated/α-hetero) is 1. The van der Waals surface area contributed by atoms with E-state index in [0.717, 1.165) is 6.42 Å². The summed E-state index contributed by atoms with van der Waals surface area (Å²) in [5.41, 5.74) is 1.55. The smallest absolute Gasteiger partial charge is 0.140 e. The molecule has 0 aromatic carbocycles. The molecule has 0 unspecified atom stereocenters. The van der Waals surface area contributed by atoms with Crippen LogP contribution in [-0.2, 0) is 4.79 Å². The summed E-state index contributed by atoms with van der Waals surface area (Å²) in [4.78, 5) is 11.1. The molecule has 2 aliphatic carbocycles. The zero-order valence-corrected chi connectivity index (χ0v) is 7.68. The van der Waals surface area contributed by atoms with Crippen LogP contribution in [0, 0.1) is 11.8 Å². The van der Waals surface area contributed by atoms with E-state index >= 15 is 0 Å². The van der Waals surface area contributed by atoms with Gasteiger partial charge in [-0.1, -0.05) is 25.0 Å². The molecule has 0 amide bonds. The molecule has 1 fully saturated rings. The first-order chi connectivity index (χ1) is 5.81. The Morgan fingerprint density at radius 2 is 2.33 bits per heavy atom. The number of rotatable bonds is 3. The van der Waals surface area contributed by atoms with Crippen molar-refractivity contribution in [3.63, 3.8) is 0 Å². The lowest BCUT2D eigenvalue weighted by Gasteiger charge is -2.27. The van der Waals surface area contributed by atoms with Crippen LogP contribution in [0.3, 0.4) is 0 Å². The van der Waals surface area contributed by atoms with Crippen LogP contribution in [0.5, 0.6) is 0 Å². The Morgan fingerprint density at radius 1 is 1.50 bits per heavy atom. The molecule has 0 heterocycles. The maximum Gasteiger partial charge on any atom is 0.140 e. The van der Waals surface area contributed by atoms with Crippen LogP contribution in [-0.4, -0.2) is 5.78 Å². The first kappa shape index (κ1) is 8.03. The molecule has 0 bridgehead atoms. The van der Waals surface area contributed by atoms with Crippen molar-refractivity contribution in [2.24, 2.45) is 11.8 Å². The molecular weight excluding hydrogens is 148 g/mol. The summed E-state index contributed by atoms with van der Waals surface area (Å²) in [5, 5.41) is 0. The summed E-state index contributed by atoms with van der Waals surface area (Å²) in [6.07, 6.45) is 8.11. The van der Waals surface area contributed by atoms with E-state index in [0.29, 0.717) is 17.6 Å². The van der Waals surface area contributed by atoms with Crippen molar-refractivity contribution < 1.29 is 4.79 Å². The molecule has 2 rings (SSSR count). The number of hydrogen-bond donors (Lipinski definition) is 0. The highest BCUT2D eigenvalue weighted by atomic mass is 16.1. The lowest BCUT2D eigenvalue weighted by atomic mass is 9.75. The van der Waals surface area contributed by atoms with Gasteiger partial charge in [-0.05, 0) is 25.2 Å². The van der Waals surface area contributed by atoms with Crippen molar-refractivity contribution in [1.82, 2.24) is 0 Å². The van der Waals surface area contributed by atoms with E-state index < -0.39 is 0 Å². The second-order valence-electron chi connectivity index (χ2n) is 4.09. The minimum atomic E-state index is 0.344. The van der Waals surface area contributed by atoms with Gasteiger partial charge in [-0.2, -0.15) is 0 Å². The molecule has 1 saturated carbocycles. The fraction of sp³-hybridized carbons (Fsp3) is 0.727. The van der Waals surface area contributed by atoms with Crippen LogP contribution < -0.4 is 0 Å². The molecule has 0 N–H and O–H groups in total. The quantitative estimate of drug-likeness (QED) is 0.586. The van der Waals surface area contributed by atoms with Gasteiger partial charge in [0.15, 0.2) is 0 Å². The Balaban J connectivity index is 1.89. The summed E-state index contributed by atoms with van der Waals surface area (Å²) < 4.78 is 0. The van der Waals surface area contributed by atoms with Gasteiger partial charge in [0.1, 0.15) is 5.78 Å². The van der Waals surface area contributed by atoms with Crippen LogP contribution in [0.1, 0.15) is 39.0 Å². The first-order valence-electron chi connectivity index (χ1n) is 5.03. The van der Waals surface area contributed by atoms with Crippen LogP contribution in [0.15, 0.2) is 11.6 Å². The topological polar surface area (TPSA) is 17.1 Å². The molecule has 0 saturated heterocycles. The molecule has 0 aliphatic heterocycles. The first-order valence-corrected chi connectivity index (χ1v) is 5.03. The molecule has 66 valence electrons. The van der Waals surface area contributed by atoms with E-state index in [-0.39, 0.29) is 0 Å². The number of allylic oxidation sites excluding steroid dienone is 2. The SMILES string of the molecule is CCCCC1=C[C@@H]2C(=O)C[C@@H]2C1. The van der Waals surface area contributed by atoms with E-state index in [1.807, 2.05) is 0 Å². The van der Waals surface area contributed by atoms with Crippen LogP contribution >= 0.6 is 0 Å². The second-order valence-corrected chi connectivity index (χ2v) is 4.09. The van der Waals surface area contributed by atoms with E-state index in [1.54, 1.807) is 5.57 Å². The van der Waals surface area contributed by atoms with Gasteiger partial charge in [-0.3, -0.25) is 4.79 Å². The lowest BCUT2D eigenvalue weighted by Crippen LogP contribution is -2.32. The number of ketones is 1. The summed E-state index contributed by atoms with van der Waals surface area (Å²) in [7, 11) is 0. The van der Waals surface area contributed by atoms with Crippen molar-refractivity contribution in [2.45, 2.75) is 39.0 Å². The van der Waals surface area contributed by atoms with Gasteiger partial charge in [0.2, 0.25) is 0 Å². The van der Waals surface area contributed by atoms with E-state index in [9.17, 15) is 4.79 Å². The predicted octanol–water partition coefficient (Wildman–Crippen LogP) is 2.71. The van der Waals surface area contributed by atoms with E-state index in [4.69, 9.17) is 0 Å². The van der Waals surface area contributed by atoms with E-state index in [2.05, 4.69) is 13.0 Å². The fourth-order valence-electron chi connectivity index (χ4n) is 2.30. The Morgan fingerprint density at radius 3 is 2.92 bits per heavy atom. The minimum absolute atomic E-state index is 0.344. The number of carbonyl (C=O) groups is 1. The molecule has 0 aromatic heterocycles. The predicted molar refractivity (Wildman–Crippen MR) is 48.8 cm³/mol. The number of hydrogen-bond acceptors (Lipinski definition) is 1. The minimum Gasteiger partial charge on any atom is -0.299 e. The van der Waals surface area contributed by atoms with Crippen LogP contribution in [0.25, 0.3) is 0 Å². The van der Waals surface area contributed by atoms with Gasteiger partial charge in [0, 0.05) is 12.3 Å². The average molecular weight is 164 g/mol. The monoisotopic (exact) mass is 164 g/mol. The fourth-order valence-corrected chi connectivity index (χ4v) is 2.30. The van der Waals surface area contributed by atoms with Crippen molar-refractivity contribution in [1.29, 1.82) is 0 Å². The molecule has 1 nitrogen and oxygen atoms in total. The highest BCUT2D eigenvalue weighted by Gasteiger charge is 2.41. The molecular formula is C11H16O. The normalized spacial score (nSPS) is 32.8. The molecule has 0 aromatic rings. The average Bonchev–Trinajstić information content (AvgIpc) is 2.39. The van der Waals surface area contributed by atoms with Gasteiger partial charge in [-0.25, -0.2) is 0 Å². The summed E-state index contributed by atoms with van der Waals surface area (Å²) >= 11 is 0. The van der Waals surface area contributed by atoms with Gasteiger partial charge in [-0.15, -0.1) is 0 Å². The highest BCUT2D eigenvalue weighted by Crippen LogP contribution is 2.43. The molecule has 0 spiro atoms. The van der Waals surface area contributed by atoms with Crippen molar-refractivity contribution in [2.75, 3.05) is 0 Å². The Kier molecular flexibility index (Phi) is 2.03. The van der Waals surface area contributed by atoms with E-state index in [1.165, 1.54) is 25.7 Å². The second kappa shape index (κ2) is 3.04. The van der Waals surface area contributed by atoms with Crippen molar-refractivity contribution in [3.8, 4) is 0 Å². The van der Waals surface area contributed by atoms with Crippen molar-refractivity contribution in [3.05, 3.63) is 11.6 Å². The Bertz CT molecular complexity index is 227. The number of carbonyl (C=O) groups excluding carboxylic acids is 1. The van der Waals surface area contributed by atoms with Gasteiger partial charge < -0.3 is 0 Å². The third-order valence-corrected chi connectivity index (χ3v) is 3.13. The van der Waals surface area contributed by atoms with Crippen molar-refractivity contribution >= 4 is 5.78 Å². The summed E-state index contributed by atoms with van der Waals surface area (Å²) in [6.45, 7) is 2.22. The number of unbranched alkanes of at least 4 members (excludes halogenated alkanes) is 1. The van der Waals surface area contributed by atoms with Crippen LogP contribution in [0.4, 0.5) is 0 Å². The van der Waals surface area contributed by atoms with Gasteiger partial charge in [0.25, 0.3) is 0 Å². The maximum atomic E-state index is 11.1. The molecule has 1 heteroatoms. The van der Waals surface area contributed by atoms with Gasteiger partial charge in [0.05, 0.1) is 0 Å². The number of fused-ring (bicyclic) bond motifs is 1. The molecule has 12 heavy (non-hydrogen) atoms. The standard InChI is InChI=1S/C11H16O/c1-2-3-4-8-5-9-7-11(12)10(9)6-8/h6,9-10H,2-5,7H2,1H3/t9-,10-/m0/s1. The molecule has 2 atom stereocenters. The third-order valence-electron chi connectivity index (χ3n) is 3.13. The van der Waals surface area contributed by atoms with Gasteiger partial charge >= 0.3 is 0 Å². The molecule has 0 radical (unpaired) electrons. The zero-order valence-electron chi connectivity index (χ0n) is 7.68. The highest BCUT2D eigenvalue weighted by molar-refractivity contribution is 5.90.